The van der Waals surface area contributed by atoms with E-state index in [-0.39, 0.29) is 5.41 Å². The summed E-state index contributed by atoms with van der Waals surface area (Å²) in [4.78, 5) is 0. The number of hydrogen-bond donors (Lipinski definition) is 1. The number of hydrogen-bond acceptors (Lipinski definition) is 2. The lowest BCUT2D eigenvalue weighted by Gasteiger charge is -2.22. The van der Waals surface area contributed by atoms with Gasteiger partial charge < -0.3 is 9.73 Å². The molecular weight excluding hydrogens is 931 g/mol. The number of benzene rings is 9. The van der Waals surface area contributed by atoms with Crippen molar-refractivity contribution in [2.24, 2.45) is 0 Å². The van der Waals surface area contributed by atoms with Gasteiger partial charge in [-0.15, -0.1) is 0 Å². The summed E-state index contributed by atoms with van der Waals surface area (Å²) in [5, 5.41) is 3.65. The van der Waals surface area contributed by atoms with Crippen LogP contribution in [0.4, 0.5) is 5.69 Å². The molecule has 0 unspecified atom stereocenters. The van der Waals surface area contributed by atoms with Gasteiger partial charge in [-0.1, -0.05) is 277 Å². The van der Waals surface area contributed by atoms with Gasteiger partial charge in [0.1, 0.15) is 5.76 Å². The van der Waals surface area contributed by atoms with Gasteiger partial charge in [0.15, 0.2) is 0 Å². The lowest BCUT2D eigenvalue weighted by Crippen LogP contribution is -2.15. The molecule has 12 rings (SSSR count). The molecule has 1 N–H and O–H groups in total. The van der Waals surface area contributed by atoms with E-state index in [1.54, 1.807) is 6.26 Å². The molecular formula is C75H75NO. The second-order valence-corrected chi connectivity index (χ2v) is 19.3. The van der Waals surface area contributed by atoms with E-state index in [1.807, 2.05) is 58.9 Å². The fourth-order valence-corrected chi connectivity index (χ4v) is 9.45. The van der Waals surface area contributed by atoms with Crippen LogP contribution in [0.15, 0.2) is 271 Å². The van der Waals surface area contributed by atoms with Gasteiger partial charge in [-0.05, 0) is 142 Å². The summed E-state index contributed by atoms with van der Waals surface area (Å²) in [6.07, 6.45) is 10.6. The summed E-state index contributed by atoms with van der Waals surface area (Å²) in [5.41, 5.74) is 23.8. The predicted octanol–water partition coefficient (Wildman–Crippen LogP) is 21.7. The summed E-state index contributed by atoms with van der Waals surface area (Å²) < 4.78 is 4.83. The van der Waals surface area contributed by atoms with E-state index in [2.05, 4.69) is 277 Å². The fourth-order valence-electron chi connectivity index (χ4n) is 9.45. The number of aryl methyl sites for hydroxylation is 4. The first-order valence-electron chi connectivity index (χ1n) is 27.2. The molecule has 1 aromatic heterocycles. The second-order valence-electron chi connectivity index (χ2n) is 19.3. The molecule has 9 aromatic carbocycles. The first-order valence-corrected chi connectivity index (χ1v) is 27.2. The SMILES string of the molecule is CC.CC.Cc1ccc(-c2cccc(-c3ccc4c(c3)-c3ccccc3\C=C/C3=C(/C=C/N4)c4ccccc4C3(C)C)c2)cc1.Cc1ccc(-c2ccccc2)cc1.Cc1ccc(-c2ccccc2)cc1.Cc1ccco1. The van der Waals surface area contributed by atoms with Crippen LogP contribution in [0.3, 0.4) is 0 Å². The first-order chi connectivity index (χ1) is 37.6. The average molecular weight is 1010 g/mol. The Morgan fingerprint density at radius 2 is 0.792 bits per heavy atom. The minimum atomic E-state index is -0.0712. The van der Waals surface area contributed by atoms with Crippen molar-refractivity contribution in [2.75, 3.05) is 5.32 Å². The highest BCUT2D eigenvalue weighted by molar-refractivity contribution is 5.92. The Balaban J connectivity index is 0.000000192. The number of rotatable bonds is 4. The zero-order chi connectivity index (χ0) is 54.6. The number of fused-ring (bicyclic) bond motifs is 5. The second kappa shape index (κ2) is 27.7. The molecule has 0 radical (unpaired) electrons. The maximum Gasteiger partial charge on any atom is 0.100 e. The quantitative estimate of drug-likeness (QED) is 0.190. The van der Waals surface area contributed by atoms with Crippen molar-refractivity contribution in [3.8, 4) is 55.6 Å². The molecule has 1 aliphatic heterocycles. The van der Waals surface area contributed by atoms with Crippen LogP contribution >= 0.6 is 0 Å². The fraction of sp³-hybridized carbons (Fsp3) is 0.147. The van der Waals surface area contributed by atoms with Gasteiger partial charge in [0.2, 0.25) is 0 Å². The number of furan rings is 1. The van der Waals surface area contributed by atoms with Crippen molar-refractivity contribution >= 4 is 17.3 Å². The van der Waals surface area contributed by atoms with Crippen LogP contribution in [-0.2, 0) is 5.41 Å². The Bertz CT molecular complexity index is 3400. The summed E-state index contributed by atoms with van der Waals surface area (Å²) in [6, 6.07) is 83.7. The Kier molecular flexibility index (Phi) is 20.2. The molecule has 1 aliphatic carbocycles. The largest absolute Gasteiger partial charge is 0.470 e. The zero-order valence-corrected chi connectivity index (χ0v) is 46.8. The highest BCUT2D eigenvalue weighted by Gasteiger charge is 2.35. The molecule has 0 bridgehead atoms. The normalized spacial score (nSPS) is 12.9. The van der Waals surface area contributed by atoms with E-state index in [4.69, 9.17) is 4.42 Å². The van der Waals surface area contributed by atoms with Gasteiger partial charge in [-0.25, -0.2) is 0 Å². The van der Waals surface area contributed by atoms with Crippen molar-refractivity contribution in [2.45, 2.75) is 74.7 Å². The van der Waals surface area contributed by atoms with Crippen LogP contribution in [0.1, 0.15) is 80.7 Å². The third-order valence-electron chi connectivity index (χ3n) is 13.6. The zero-order valence-electron chi connectivity index (χ0n) is 46.8. The molecule has 2 heteroatoms. The standard InChI is InChI=1S/C40H33N.2C13H12.C5H6O.2C2H6/c1-27-15-17-28(18-16-27)30-10-8-11-31(25-30)32-20-22-39-36(26-32)33-12-5-4-9-29(33)19-21-38-35(23-24-41-39)34-13-6-7-14-37(34)40(38,2)3;2*1-11-7-9-13(10-8-11)12-5-3-2-4-6-12;1-5-3-2-4-6-5;2*1-2/h4-26,41H,1-3H3;2*2-10H,1H3;2-4H,1H3;2*1-2H3/b21-19-,24-23+;;;;;. The van der Waals surface area contributed by atoms with E-state index in [9.17, 15) is 0 Å². The van der Waals surface area contributed by atoms with Crippen LogP contribution < -0.4 is 5.32 Å². The van der Waals surface area contributed by atoms with E-state index in [0.29, 0.717) is 0 Å². The maximum absolute atomic E-state index is 4.83. The van der Waals surface area contributed by atoms with Gasteiger partial charge in [-0.3, -0.25) is 0 Å². The lowest BCUT2D eigenvalue weighted by atomic mass is 9.80. The van der Waals surface area contributed by atoms with E-state index in [0.717, 1.165) is 11.4 Å². The minimum absolute atomic E-state index is 0.0712. The molecule has 0 saturated heterocycles. The van der Waals surface area contributed by atoms with Crippen molar-refractivity contribution in [3.05, 3.63) is 306 Å². The molecule has 2 heterocycles. The average Bonchev–Trinajstić information content (AvgIpc) is 4.12. The maximum atomic E-state index is 4.83. The summed E-state index contributed by atoms with van der Waals surface area (Å²) in [7, 11) is 0. The van der Waals surface area contributed by atoms with Crippen LogP contribution in [0.5, 0.6) is 0 Å². The summed E-state index contributed by atoms with van der Waals surface area (Å²) >= 11 is 0. The Morgan fingerprint density at radius 1 is 0.351 bits per heavy atom. The monoisotopic (exact) mass is 1010 g/mol. The topological polar surface area (TPSA) is 25.2 Å². The van der Waals surface area contributed by atoms with Crippen molar-refractivity contribution in [3.63, 3.8) is 0 Å². The predicted molar refractivity (Wildman–Crippen MR) is 335 cm³/mol. The molecule has 0 saturated carbocycles. The third-order valence-corrected chi connectivity index (χ3v) is 13.6. The Labute approximate surface area is 460 Å². The van der Waals surface area contributed by atoms with Crippen LogP contribution in [-0.4, -0.2) is 0 Å². The van der Waals surface area contributed by atoms with Crippen LogP contribution in [0, 0.1) is 27.7 Å². The molecule has 0 spiro atoms. The molecule has 77 heavy (non-hydrogen) atoms. The van der Waals surface area contributed by atoms with Gasteiger partial charge in [-0.2, -0.15) is 0 Å². The molecule has 2 nitrogen and oxygen atoms in total. The highest BCUT2D eigenvalue weighted by atomic mass is 16.3. The van der Waals surface area contributed by atoms with Crippen molar-refractivity contribution in [1.82, 2.24) is 0 Å². The molecule has 0 atom stereocenters. The molecule has 2 aliphatic rings. The highest BCUT2D eigenvalue weighted by Crippen LogP contribution is 2.48. The van der Waals surface area contributed by atoms with E-state index in [1.165, 1.54) is 100 Å². The molecule has 386 valence electrons. The first kappa shape index (κ1) is 56.0. The third kappa shape index (κ3) is 14.6. The minimum Gasteiger partial charge on any atom is -0.470 e. The molecule has 10 aromatic rings. The number of allylic oxidation sites excluding steroid dienone is 4. The summed E-state index contributed by atoms with van der Waals surface area (Å²) in [5.74, 6) is 0.968. The van der Waals surface area contributed by atoms with Crippen molar-refractivity contribution in [1.29, 1.82) is 0 Å². The Hall–Kier alpha value is -8.72. The van der Waals surface area contributed by atoms with Gasteiger partial charge in [0, 0.05) is 22.9 Å². The molecule has 0 amide bonds. The lowest BCUT2D eigenvalue weighted by molar-refractivity contribution is 0.534. The summed E-state index contributed by atoms with van der Waals surface area (Å²) in [6.45, 7) is 20.9. The van der Waals surface area contributed by atoms with E-state index < -0.39 is 0 Å². The van der Waals surface area contributed by atoms with Crippen LogP contribution in [0.2, 0.25) is 0 Å². The van der Waals surface area contributed by atoms with Crippen LogP contribution in [0.25, 0.3) is 67.3 Å². The van der Waals surface area contributed by atoms with E-state index >= 15 is 0 Å². The Morgan fingerprint density at radius 3 is 1.31 bits per heavy atom. The number of anilines is 1. The van der Waals surface area contributed by atoms with Crippen molar-refractivity contribution < 1.29 is 4.42 Å². The van der Waals surface area contributed by atoms with Gasteiger partial charge >= 0.3 is 0 Å². The van der Waals surface area contributed by atoms with Gasteiger partial charge in [0.25, 0.3) is 0 Å². The number of nitrogens with one attached hydrogen (secondary N) is 1. The smallest absolute Gasteiger partial charge is 0.100 e. The van der Waals surface area contributed by atoms with Gasteiger partial charge in [0.05, 0.1) is 6.26 Å². The molecule has 0 fully saturated rings.